The number of pyridine rings is 1. The Morgan fingerprint density at radius 3 is 2.61 bits per heavy atom. The summed E-state index contributed by atoms with van der Waals surface area (Å²) in [5.74, 6) is -0.480. The molecule has 1 aromatic carbocycles. The van der Waals surface area contributed by atoms with Crippen molar-refractivity contribution < 1.29 is 4.79 Å². The average Bonchev–Trinajstić information content (AvgIpc) is 2.58. The van der Waals surface area contributed by atoms with Crippen molar-refractivity contribution in [3.63, 3.8) is 0 Å². The zero-order valence-corrected chi connectivity index (χ0v) is 12.7. The van der Waals surface area contributed by atoms with E-state index in [9.17, 15) is 9.59 Å². The first-order valence-corrected chi connectivity index (χ1v) is 7.38. The van der Waals surface area contributed by atoms with E-state index in [2.05, 4.69) is 10.1 Å². The summed E-state index contributed by atoms with van der Waals surface area (Å²) in [5.41, 5.74) is 7.36. The van der Waals surface area contributed by atoms with Gasteiger partial charge >= 0.3 is 0 Å². The van der Waals surface area contributed by atoms with Crippen molar-refractivity contribution in [2.24, 2.45) is 5.73 Å². The van der Waals surface area contributed by atoms with Crippen LogP contribution < -0.4 is 11.3 Å². The molecule has 1 amide bonds. The fourth-order valence-electron chi connectivity index (χ4n) is 2.48. The highest BCUT2D eigenvalue weighted by Gasteiger charge is 2.13. The molecule has 0 aliphatic carbocycles. The highest BCUT2D eigenvalue weighted by Crippen LogP contribution is 2.24. The van der Waals surface area contributed by atoms with Crippen LogP contribution in [0, 0.1) is 0 Å². The first-order chi connectivity index (χ1) is 11.1. The van der Waals surface area contributed by atoms with Crippen LogP contribution in [0.4, 0.5) is 0 Å². The minimum atomic E-state index is -0.480. The van der Waals surface area contributed by atoms with E-state index in [4.69, 9.17) is 5.73 Å². The molecule has 2 heterocycles. The van der Waals surface area contributed by atoms with E-state index < -0.39 is 5.91 Å². The lowest BCUT2D eigenvalue weighted by atomic mass is 10.1. The van der Waals surface area contributed by atoms with Crippen LogP contribution in [0.2, 0.25) is 0 Å². The van der Waals surface area contributed by atoms with Crippen LogP contribution in [0.1, 0.15) is 23.7 Å². The quantitative estimate of drug-likeness (QED) is 0.797. The van der Waals surface area contributed by atoms with E-state index in [1.807, 2.05) is 13.0 Å². The maximum absolute atomic E-state index is 12.4. The number of rotatable bonds is 4. The third-order valence-corrected chi connectivity index (χ3v) is 3.60. The van der Waals surface area contributed by atoms with Crippen LogP contribution in [-0.4, -0.2) is 20.7 Å². The second kappa shape index (κ2) is 6.00. The summed E-state index contributed by atoms with van der Waals surface area (Å²) in [5, 5.41) is 5.17. The molecule has 0 bridgehead atoms. The highest BCUT2D eigenvalue weighted by atomic mass is 16.1. The molecule has 0 spiro atoms. The molecule has 6 nitrogen and oxygen atoms in total. The topological polar surface area (TPSA) is 90.9 Å². The zero-order valence-electron chi connectivity index (χ0n) is 12.7. The summed E-state index contributed by atoms with van der Waals surface area (Å²) in [6, 6.07) is 10.4. The lowest BCUT2D eigenvalue weighted by molar-refractivity contribution is 0.100. The molecule has 2 N–H and O–H groups in total. The molecule has 0 aliphatic rings. The molecule has 23 heavy (non-hydrogen) atoms. The van der Waals surface area contributed by atoms with Crippen molar-refractivity contribution in [1.29, 1.82) is 0 Å². The molecular weight excluding hydrogens is 292 g/mol. The molecule has 3 aromatic rings. The fraction of sp³-hybridized carbons (Fsp3) is 0.176. The van der Waals surface area contributed by atoms with Gasteiger partial charge in [-0.05, 0) is 30.7 Å². The lowest BCUT2D eigenvalue weighted by Gasteiger charge is -2.10. The Kier molecular flexibility index (Phi) is 3.89. The second-order valence-corrected chi connectivity index (χ2v) is 5.22. The van der Waals surface area contributed by atoms with Gasteiger partial charge in [0, 0.05) is 29.3 Å². The maximum Gasteiger partial charge on any atom is 0.293 e. The van der Waals surface area contributed by atoms with Crippen LogP contribution in [-0.2, 0) is 6.54 Å². The van der Waals surface area contributed by atoms with Gasteiger partial charge in [0.15, 0.2) is 0 Å². The van der Waals surface area contributed by atoms with Crippen LogP contribution >= 0.6 is 0 Å². The van der Waals surface area contributed by atoms with Crippen LogP contribution in [0.15, 0.2) is 47.4 Å². The van der Waals surface area contributed by atoms with Crippen molar-refractivity contribution in [3.8, 4) is 11.3 Å². The molecule has 0 fully saturated rings. The van der Waals surface area contributed by atoms with E-state index in [1.165, 1.54) is 4.68 Å². The van der Waals surface area contributed by atoms with E-state index in [0.717, 1.165) is 12.0 Å². The van der Waals surface area contributed by atoms with Crippen molar-refractivity contribution >= 4 is 16.8 Å². The Morgan fingerprint density at radius 1 is 1.22 bits per heavy atom. The highest BCUT2D eigenvalue weighted by molar-refractivity contribution is 5.95. The second-order valence-electron chi connectivity index (χ2n) is 5.22. The van der Waals surface area contributed by atoms with Gasteiger partial charge in [-0.25, -0.2) is 4.68 Å². The predicted molar refractivity (Wildman–Crippen MR) is 88.0 cm³/mol. The summed E-state index contributed by atoms with van der Waals surface area (Å²) in [7, 11) is 0. The number of nitrogens with zero attached hydrogens (tertiary/aromatic N) is 3. The van der Waals surface area contributed by atoms with Crippen molar-refractivity contribution in [1.82, 2.24) is 14.8 Å². The van der Waals surface area contributed by atoms with Gasteiger partial charge in [-0.3, -0.25) is 14.6 Å². The van der Waals surface area contributed by atoms with Gasteiger partial charge in [0.25, 0.3) is 5.56 Å². The number of aromatic nitrogens is 3. The molecule has 0 atom stereocenters. The monoisotopic (exact) mass is 308 g/mol. The number of amides is 1. The molecule has 116 valence electrons. The van der Waals surface area contributed by atoms with Crippen molar-refractivity contribution in [3.05, 3.63) is 58.5 Å². The van der Waals surface area contributed by atoms with E-state index >= 15 is 0 Å². The smallest absolute Gasteiger partial charge is 0.293 e. The van der Waals surface area contributed by atoms with Crippen LogP contribution in [0.25, 0.3) is 22.2 Å². The predicted octanol–water partition coefficient (Wildman–Crippen LogP) is 1.97. The third-order valence-electron chi connectivity index (χ3n) is 3.60. The maximum atomic E-state index is 12.4. The van der Waals surface area contributed by atoms with Gasteiger partial charge in [-0.2, -0.15) is 5.10 Å². The number of hydrogen-bond donors (Lipinski definition) is 1. The van der Waals surface area contributed by atoms with Gasteiger partial charge in [0.1, 0.15) is 11.2 Å². The number of fused-ring (bicyclic) bond motifs is 1. The summed E-state index contributed by atoms with van der Waals surface area (Å²) < 4.78 is 1.44. The Hall–Kier alpha value is -3.02. The normalized spacial score (nSPS) is 10.8. The molecule has 0 radical (unpaired) electrons. The number of hydrogen-bond acceptors (Lipinski definition) is 4. The van der Waals surface area contributed by atoms with Crippen LogP contribution in [0.5, 0.6) is 0 Å². The first kappa shape index (κ1) is 14.9. The Balaban J connectivity index is 2.25. The number of nitrogens with two attached hydrogens (primary N) is 1. The largest absolute Gasteiger partial charge is 0.366 e. The number of carbonyl (C=O) groups excluding carboxylic acids is 1. The Labute approximate surface area is 132 Å². The molecular formula is C17H16N4O2. The molecule has 6 heteroatoms. The average molecular weight is 308 g/mol. The fourth-order valence-corrected chi connectivity index (χ4v) is 2.48. The third kappa shape index (κ3) is 2.70. The van der Waals surface area contributed by atoms with Gasteiger partial charge in [-0.1, -0.05) is 19.1 Å². The minimum absolute atomic E-state index is 0.194. The number of benzene rings is 1. The van der Waals surface area contributed by atoms with Gasteiger partial charge in [0.2, 0.25) is 5.91 Å². The lowest BCUT2D eigenvalue weighted by Crippen LogP contribution is -2.24. The first-order valence-electron chi connectivity index (χ1n) is 7.38. The molecule has 2 aromatic heterocycles. The Morgan fingerprint density at radius 2 is 1.96 bits per heavy atom. The number of aryl methyl sites for hydroxylation is 1. The summed E-state index contributed by atoms with van der Waals surface area (Å²) >= 11 is 0. The molecule has 0 unspecified atom stereocenters. The number of primary amides is 1. The molecule has 0 saturated carbocycles. The summed E-state index contributed by atoms with van der Waals surface area (Å²) in [6.07, 6.45) is 2.39. The summed E-state index contributed by atoms with van der Waals surface area (Å²) in [4.78, 5) is 27.8. The summed E-state index contributed by atoms with van der Waals surface area (Å²) in [6.45, 7) is 2.51. The van der Waals surface area contributed by atoms with Crippen molar-refractivity contribution in [2.45, 2.75) is 19.9 Å². The van der Waals surface area contributed by atoms with E-state index in [1.54, 1.807) is 36.5 Å². The standard InChI is InChI=1S/C17H16N4O2/c1-2-10-21-17(23)15-13(4-3-9-19-15)14(20-21)11-5-7-12(8-6-11)16(18)22/h3-9H,2,10H2,1H3,(H2,18,22). The van der Waals surface area contributed by atoms with Crippen molar-refractivity contribution in [2.75, 3.05) is 0 Å². The van der Waals surface area contributed by atoms with E-state index in [0.29, 0.717) is 28.7 Å². The van der Waals surface area contributed by atoms with Gasteiger partial charge < -0.3 is 5.73 Å². The van der Waals surface area contributed by atoms with Gasteiger partial charge in [0.05, 0.1) is 0 Å². The molecule has 0 aliphatic heterocycles. The van der Waals surface area contributed by atoms with Crippen LogP contribution in [0.3, 0.4) is 0 Å². The Bertz CT molecular complexity index is 929. The van der Waals surface area contributed by atoms with Gasteiger partial charge in [-0.15, -0.1) is 0 Å². The SMILES string of the molecule is CCCn1nc(-c2ccc(C(N)=O)cc2)c2cccnc2c1=O. The number of carbonyl (C=O) groups is 1. The molecule has 3 rings (SSSR count). The molecule has 0 saturated heterocycles. The minimum Gasteiger partial charge on any atom is -0.366 e. The van der Waals surface area contributed by atoms with E-state index in [-0.39, 0.29) is 5.56 Å². The zero-order chi connectivity index (χ0) is 16.4.